The predicted octanol–water partition coefficient (Wildman–Crippen LogP) is 13.3. The fourth-order valence-corrected chi connectivity index (χ4v) is 8.78. The van der Waals surface area contributed by atoms with Gasteiger partial charge in [0.1, 0.15) is 11.3 Å². The summed E-state index contributed by atoms with van der Waals surface area (Å²) in [5, 5.41) is 11.1. The molecule has 0 aliphatic rings. The van der Waals surface area contributed by atoms with E-state index in [1.807, 2.05) is 11.3 Å². The van der Waals surface area contributed by atoms with Crippen molar-refractivity contribution < 1.29 is 4.42 Å². The minimum Gasteiger partial charge on any atom is -0.455 e. The number of furan rings is 1. The van der Waals surface area contributed by atoms with Gasteiger partial charge in [0.15, 0.2) is 0 Å². The number of benzene rings is 8. The monoisotopic (exact) mass is 602 g/mol. The van der Waals surface area contributed by atoms with Crippen LogP contribution in [0.5, 0.6) is 0 Å². The van der Waals surface area contributed by atoms with E-state index in [9.17, 15) is 0 Å². The van der Waals surface area contributed by atoms with E-state index in [2.05, 4.69) is 158 Å². The minimum absolute atomic E-state index is 0.916. The van der Waals surface area contributed by atoms with Crippen LogP contribution in [0.1, 0.15) is 0 Å². The lowest BCUT2D eigenvalue weighted by molar-refractivity contribution is 0.634. The first kappa shape index (κ1) is 25.6. The molecule has 0 aliphatic heterocycles. The van der Waals surface area contributed by atoms with Gasteiger partial charge < -0.3 is 4.42 Å². The summed E-state index contributed by atoms with van der Waals surface area (Å²) in [4.78, 5) is 0. The molecule has 0 aliphatic carbocycles. The van der Waals surface area contributed by atoms with Crippen LogP contribution in [0.4, 0.5) is 0 Å². The van der Waals surface area contributed by atoms with Crippen molar-refractivity contribution in [2.24, 2.45) is 0 Å². The standard InChI is InChI=1S/C44H26OS/c1-2-14-28(15-3-1)39-42-37(26-25-36-30-18-10-11-24-38(30)46-44(36)42)45-43(39)41-34-21-8-6-19-32(34)40(33-20-7-9-22-35(33)41)31-23-12-16-27-13-4-5-17-29(27)31/h1-26H. The third-order valence-corrected chi connectivity index (χ3v) is 10.7. The van der Waals surface area contributed by atoms with Gasteiger partial charge in [-0.05, 0) is 67.2 Å². The number of fused-ring (bicyclic) bond motifs is 8. The smallest absolute Gasteiger partial charge is 0.144 e. The SMILES string of the molecule is c1ccc(-c2c(-c3c4ccccc4c(-c4cccc5ccccc45)c4ccccc34)oc3ccc4c5ccccc5sc4c23)cc1. The number of hydrogen-bond acceptors (Lipinski definition) is 2. The summed E-state index contributed by atoms with van der Waals surface area (Å²) >= 11 is 1.86. The lowest BCUT2D eigenvalue weighted by Crippen LogP contribution is -1.92. The third kappa shape index (κ3) is 3.62. The van der Waals surface area contributed by atoms with E-state index in [0.717, 1.165) is 28.0 Å². The molecule has 0 unspecified atom stereocenters. The van der Waals surface area contributed by atoms with Crippen molar-refractivity contribution in [1.82, 2.24) is 0 Å². The molecule has 214 valence electrons. The highest BCUT2D eigenvalue weighted by Crippen LogP contribution is 2.52. The van der Waals surface area contributed by atoms with Gasteiger partial charge in [-0.1, -0.05) is 140 Å². The van der Waals surface area contributed by atoms with Gasteiger partial charge in [-0.3, -0.25) is 0 Å². The van der Waals surface area contributed by atoms with Crippen molar-refractivity contribution in [3.8, 4) is 33.6 Å². The van der Waals surface area contributed by atoms with Crippen molar-refractivity contribution in [2.75, 3.05) is 0 Å². The van der Waals surface area contributed by atoms with Gasteiger partial charge >= 0.3 is 0 Å². The van der Waals surface area contributed by atoms with Gasteiger partial charge in [0, 0.05) is 36.7 Å². The topological polar surface area (TPSA) is 13.1 Å². The molecule has 0 spiro atoms. The zero-order valence-electron chi connectivity index (χ0n) is 24.8. The van der Waals surface area contributed by atoms with Gasteiger partial charge in [-0.2, -0.15) is 0 Å². The Hall–Kier alpha value is -5.70. The predicted molar refractivity (Wildman–Crippen MR) is 198 cm³/mol. The van der Waals surface area contributed by atoms with Crippen molar-refractivity contribution in [2.45, 2.75) is 0 Å². The molecule has 0 amide bonds. The zero-order chi connectivity index (χ0) is 30.2. The summed E-state index contributed by atoms with van der Waals surface area (Å²) in [6.45, 7) is 0. The van der Waals surface area contributed by atoms with E-state index in [1.54, 1.807) is 0 Å². The Kier molecular flexibility index (Phi) is 5.51. The number of hydrogen-bond donors (Lipinski definition) is 0. The summed E-state index contributed by atoms with van der Waals surface area (Å²) in [5.41, 5.74) is 6.88. The maximum absolute atomic E-state index is 7.08. The second-order valence-electron chi connectivity index (χ2n) is 12.0. The third-order valence-electron chi connectivity index (χ3n) is 9.48. The van der Waals surface area contributed by atoms with Crippen molar-refractivity contribution >= 4 is 74.8 Å². The highest BCUT2D eigenvalue weighted by molar-refractivity contribution is 7.26. The molecule has 0 N–H and O–H groups in total. The molecule has 0 saturated heterocycles. The summed E-state index contributed by atoms with van der Waals surface area (Å²) in [5.74, 6) is 0.919. The molecule has 2 heteroatoms. The zero-order valence-corrected chi connectivity index (χ0v) is 25.6. The highest BCUT2D eigenvalue weighted by Gasteiger charge is 2.26. The number of rotatable bonds is 3. The van der Waals surface area contributed by atoms with Crippen LogP contribution in [0.25, 0.3) is 97.0 Å². The Morgan fingerprint density at radius 3 is 1.72 bits per heavy atom. The molecule has 10 rings (SSSR count). The Labute approximate surface area is 269 Å². The van der Waals surface area contributed by atoms with Crippen LogP contribution >= 0.6 is 11.3 Å². The van der Waals surface area contributed by atoms with E-state index in [0.29, 0.717) is 0 Å². The molecular weight excluding hydrogens is 577 g/mol. The van der Waals surface area contributed by atoms with Crippen LogP contribution in [0, 0.1) is 0 Å². The molecule has 0 atom stereocenters. The lowest BCUT2D eigenvalue weighted by Gasteiger charge is -2.18. The maximum Gasteiger partial charge on any atom is 0.144 e. The molecule has 8 aromatic carbocycles. The average Bonchev–Trinajstić information content (AvgIpc) is 3.69. The first-order valence-corrected chi connectivity index (χ1v) is 16.5. The second kappa shape index (κ2) is 9.90. The Morgan fingerprint density at radius 2 is 0.978 bits per heavy atom. The van der Waals surface area contributed by atoms with Gasteiger partial charge in [0.2, 0.25) is 0 Å². The first-order chi connectivity index (χ1) is 22.8. The van der Waals surface area contributed by atoms with Crippen LogP contribution in [0.15, 0.2) is 162 Å². The van der Waals surface area contributed by atoms with Crippen LogP contribution in [-0.4, -0.2) is 0 Å². The molecule has 1 nitrogen and oxygen atoms in total. The fourth-order valence-electron chi connectivity index (χ4n) is 7.53. The summed E-state index contributed by atoms with van der Waals surface area (Å²) in [6, 6.07) is 57.0. The van der Waals surface area contributed by atoms with E-state index < -0.39 is 0 Å². The van der Waals surface area contributed by atoms with Gasteiger partial charge in [-0.25, -0.2) is 0 Å². The molecule has 2 aromatic heterocycles. The van der Waals surface area contributed by atoms with E-state index in [1.165, 1.54) is 69.0 Å². The minimum atomic E-state index is 0.916. The summed E-state index contributed by atoms with van der Waals surface area (Å²) in [6.07, 6.45) is 0. The van der Waals surface area contributed by atoms with Crippen LogP contribution in [0.2, 0.25) is 0 Å². The Balaban J connectivity index is 1.40. The maximum atomic E-state index is 7.08. The van der Waals surface area contributed by atoms with Crippen LogP contribution in [0.3, 0.4) is 0 Å². The largest absolute Gasteiger partial charge is 0.455 e. The fraction of sp³-hybridized carbons (Fsp3) is 0. The molecule has 10 aromatic rings. The van der Waals surface area contributed by atoms with E-state index >= 15 is 0 Å². The first-order valence-electron chi connectivity index (χ1n) is 15.7. The van der Waals surface area contributed by atoms with Crippen molar-refractivity contribution in [3.63, 3.8) is 0 Å². The van der Waals surface area contributed by atoms with Gasteiger partial charge in [-0.15, -0.1) is 11.3 Å². The normalized spacial score (nSPS) is 11.9. The molecular formula is C44H26OS. The molecule has 0 radical (unpaired) electrons. The number of thiophene rings is 1. The van der Waals surface area contributed by atoms with Gasteiger partial charge in [0.25, 0.3) is 0 Å². The van der Waals surface area contributed by atoms with Crippen LogP contribution in [-0.2, 0) is 0 Å². The lowest BCUT2D eigenvalue weighted by atomic mass is 9.85. The summed E-state index contributed by atoms with van der Waals surface area (Å²) in [7, 11) is 0. The molecule has 0 fully saturated rings. The molecule has 2 heterocycles. The van der Waals surface area contributed by atoms with Crippen molar-refractivity contribution in [1.29, 1.82) is 0 Å². The molecule has 0 bridgehead atoms. The highest BCUT2D eigenvalue weighted by atomic mass is 32.1. The summed E-state index contributed by atoms with van der Waals surface area (Å²) < 4.78 is 9.65. The Bertz CT molecular complexity index is 2740. The van der Waals surface area contributed by atoms with Crippen molar-refractivity contribution in [3.05, 3.63) is 158 Å². The molecule has 0 saturated carbocycles. The Morgan fingerprint density at radius 1 is 0.391 bits per heavy atom. The van der Waals surface area contributed by atoms with E-state index in [4.69, 9.17) is 4.42 Å². The molecule has 46 heavy (non-hydrogen) atoms. The van der Waals surface area contributed by atoms with Crippen LogP contribution < -0.4 is 0 Å². The van der Waals surface area contributed by atoms with Gasteiger partial charge in [0.05, 0.1) is 0 Å². The average molecular weight is 603 g/mol. The second-order valence-corrected chi connectivity index (χ2v) is 13.0. The van der Waals surface area contributed by atoms with E-state index in [-0.39, 0.29) is 0 Å². The quantitative estimate of drug-likeness (QED) is 0.183.